The van der Waals surface area contributed by atoms with E-state index in [0.717, 1.165) is 5.56 Å². The van der Waals surface area contributed by atoms with Gasteiger partial charge in [-0.2, -0.15) is 0 Å². The van der Waals surface area contributed by atoms with E-state index < -0.39 is 0 Å². The fourth-order valence-electron chi connectivity index (χ4n) is 1.35. The number of anilines is 1. The molecule has 0 amide bonds. The van der Waals surface area contributed by atoms with Crippen molar-refractivity contribution in [2.24, 2.45) is 0 Å². The first-order valence-electron chi connectivity index (χ1n) is 5.05. The van der Waals surface area contributed by atoms with Crippen molar-refractivity contribution in [1.82, 2.24) is 20.2 Å². The lowest BCUT2D eigenvalue weighted by molar-refractivity contribution is 0.269. The zero-order chi connectivity index (χ0) is 11.2. The van der Waals surface area contributed by atoms with Crippen LogP contribution in [-0.4, -0.2) is 31.9 Å². The topological polar surface area (TPSA) is 75.9 Å². The maximum absolute atomic E-state index is 8.80. The molecule has 0 bridgehead atoms. The van der Waals surface area contributed by atoms with E-state index in [1.54, 1.807) is 0 Å². The average Bonchev–Trinajstić information content (AvgIpc) is 2.76. The van der Waals surface area contributed by atoms with Crippen LogP contribution in [0.15, 0.2) is 30.3 Å². The Balaban J connectivity index is 1.97. The Morgan fingerprint density at radius 2 is 2.06 bits per heavy atom. The second-order valence-electron chi connectivity index (χ2n) is 3.29. The van der Waals surface area contributed by atoms with Gasteiger partial charge in [-0.05, 0) is 16.0 Å². The zero-order valence-corrected chi connectivity index (χ0v) is 8.74. The molecule has 6 nitrogen and oxygen atoms in total. The van der Waals surface area contributed by atoms with Crippen LogP contribution in [0.1, 0.15) is 5.56 Å². The van der Waals surface area contributed by atoms with E-state index in [4.69, 9.17) is 5.11 Å². The van der Waals surface area contributed by atoms with Crippen LogP contribution in [0.25, 0.3) is 0 Å². The molecule has 0 spiro atoms. The van der Waals surface area contributed by atoms with Crippen LogP contribution in [0, 0.1) is 0 Å². The Morgan fingerprint density at radius 3 is 2.81 bits per heavy atom. The fraction of sp³-hybridized carbons (Fsp3) is 0.300. The molecule has 0 aliphatic carbocycles. The molecule has 84 valence electrons. The highest BCUT2D eigenvalue weighted by molar-refractivity contribution is 5.25. The summed E-state index contributed by atoms with van der Waals surface area (Å²) in [5, 5.41) is 23.0. The number of nitrogens with one attached hydrogen (secondary N) is 1. The summed E-state index contributed by atoms with van der Waals surface area (Å²) >= 11 is 0. The number of nitrogens with zero attached hydrogens (tertiary/aromatic N) is 4. The Kier molecular flexibility index (Phi) is 3.45. The summed E-state index contributed by atoms with van der Waals surface area (Å²) in [4.78, 5) is 0. The van der Waals surface area contributed by atoms with Crippen LogP contribution < -0.4 is 5.32 Å². The molecule has 0 saturated carbocycles. The summed E-state index contributed by atoms with van der Waals surface area (Å²) < 4.78 is 1.53. The van der Waals surface area contributed by atoms with Crippen molar-refractivity contribution >= 4 is 5.95 Å². The molecule has 0 atom stereocenters. The van der Waals surface area contributed by atoms with Gasteiger partial charge < -0.3 is 10.4 Å². The number of benzene rings is 1. The third-order valence-electron chi connectivity index (χ3n) is 2.14. The van der Waals surface area contributed by atoms with Crippen molar-refractivity contribution in [3.8, 4) is 0 Å². The van der Waals surface area contributed by atoms with Crippen molar-refractivity contribution in [2.45, 2.75) is 13.1 Å². The molecule has 6 heteroatoms. The second kappa shape index (κ2) is 5.22. The van der Waals surface area contributed by atoms with E-state index in [1.807, 2.05) is 30.3 Å². The van der Waals surface area contributed by atoms with E-state index in [1.165, 1.54) is 4.68 Å². The number of aliphatic hydroxyl groups excluding tert-OH is 1. The SMILES string of the molecule is OCCn1nnnc1NCc1ccccc1. The zero-order valence-electron chi connectivity index (χ0n) is 8.74. The van der Waals surface area contributed by atoms with Gasteiger partial charge in [-0.3, -0.25) is 0 Å². The lowest BCUT2D eigenvalue weighted by atomic mass is 10.2. The molecular formula is C10H13N5O. The van der Waals surface area contributed by atoms with Crippen LogP contribution in [0.3, 0.4) is 0 Å². The number of hydrogen-bond acceptors (Lipinski definition) is 5. The first-order valence-corrected chi connectivity index (χ1v) is 5.05. The molecule has 0 saturated heterocycles. The van der Waals surface area contributed by atoms with Crippen molar-refractivity contribution in [3.63, 3.8) is 0 Å². The standard InChI is InChI=1S/C10H13N5O/c16-7-6-15-10(12-13-14-15)11-8-9-4-2-1-3-5-9/h1-5,16H,6-8H2,(H,11,12,14). The smallest absolute Gasteiger partial charge is 0.243 e. The Bertz CT molecular complexity index is 428. The number of hydrogen-bond donors (Lipinski definition) is 2. The number of rotatable bonds is 5. The minimum atomic E-state index is 0.0189. The van der Waals surface area contributed by atoms with E-state index in [2.05, 4.69) is 20.8 Å². The molecule has 2 N–H and O–H groups in total. The second-order valence-corrected chi connectivity index (χ2v) is 3.29. The van der Waals surface area contributed by atoms with Gasteiger partial charge in [0.05, 0.1) is 13.2 Å². The third-order valence-corrected chi connectivity index (χ3v) is 2.14. The molecular weight excluding hydrogens is 206 g/mol. The average molecular weight is 219 g/mol. The predicted molar refractivity (Wildman–Crippen MR) is 58.7 cm³/mol. The predicted octanol–water partition coefficient (Wildman–Crippen LogP) is 0.277. The highest BCUT2D eigenvalue weighted by Crippen LogP contribution is 2.04. The fourth-order valence-corrected chi connectivity index (χ4v) is 1.35. The van der Waals surface area contributed by atoms with E-state index in [9.17, 15) is 0 Å². The third kappa shape index (κ3) is 2.54. The van der Waals surface area contributed by atoms with Crippen LogP contribution in [-0.2, 0) is 13.1 Å². The molecule has 1 aromatic carbocycles. The van der Waals surface area contributed by atoms with Gasteiger partial charge in [-0.15, -0.1) is 0 Å². The van der Waals surface area contributed by atoms with Crippen LogP contribution in [0.5, 0.6) is 0 Å². The normalized spacial score (nSPS) is 10.3. The molecule has 2 rings (SSSR count). The van der Waals surface area contributed by atoms with Crippen LogP contribution >= 0.6 is 0 Å². The van der Waals surface area contributed by atoms with Gasteiger partial charge in [0.1, 0.15) is 0 Å². The van der Waals surface area contributed by atoms with Crippen LogP contribution in [0.4, 0.5) is 5.95 Å². The van der Waals surface area contributed by atoms with E-state index >= 15 is 0 Å². The van der Waals surface area contributed by atoms with Gasteiger partial charge in [0.25, 0.3) is 0 Å². The van der Waals surface area contributed by atoms with E-state index in [0.29, 0.717) is 19.0 Å². The molecule has 0 fully saturated rings. The molecule has 0 aliphatic rings. The molecule has 2 aromatic rings. The Morgan fingerprint density at radius 1 is 1.25 bits per heavy atom. The lowest BCUT2D eigenvalue weighted by Crippen LogP contribution is -2.10. The summed E-state index contributed by atoms with van der Waals surface area (Å²) in [5.74, 6) is 0.568. The summed E-state index contributed by atoms with van der Waals surface area (Å²) in [6.45, 7) is 1.07. The van der Waals surface area contributed by atoms with Crippen molar-refractivity contribution in [1.29, 1.82) is 0 Å². The van der Waals surface area contributed by atoms with Gasteiger partial charge in [0.15, 0.2) is 0 Å². The van der Waals surface area contributed by atoms with Gasteiger partial charge in [0, 0.05) is 6.54 Å². The molecule has 0 aliphatic heterocycles. The number of tetrazole rings is 1. The van der Waals surface area contributed by atoms with Gasteiger partial charge in [-0.25, -0.2) is 4.68 Å². The summed E-state index contributed by atoms with van der Waals surface area (Å²) in [6.07, 6.45) is 0. The Labute approximate surface area is 92.9 Å². The van der Waals surface area contributed by atoms with E-state index in [-0.39, 0.29) is 6.61 Å². The molecule has 1 heterocycles. The molecule has 16 heavy (non-hydrogen) atoms. The summed E-state index contributed by atoms with van der Waals surface area (Å²) in [5.41, 5.74) is 1.15. The largest absolute Gasteiger partial charge is 0.394 e. The van der Waals surface area contributed by atoms with Crippen molar-refractivity contribution < 1.29 is 5.11 Å². The number of aromatic nitrogens is 4. The van der Waals surface area contributed by atoms with Crippen molar-refractivity contribution in [3.05, 3.63) is 35.9 Å². The van der Waals surface area contributed by atoms with Crippen LogP contribution in [0.2, 0.25) is 0 Å². The van der Waals surface area contributed by atoms with Gasteiger partial charge in [0.2, 0.25) is 5.95 Å². The Hall–Kier alpha value is -1.95. The highest BCUT2D eigenvalue weighted by atomic mass is 16.3. The maximum atomic E-state index is 8.80. The monoisotopic (exact) mass is 219 g/mol. The minimum absolute atomic E-state index is 0.0189. The minimum Gasteiger partial charge on any atom is -0.394 e. The number of aliphatic hydroxyl groups is 1. The first kappa shape index (κ1) is 10.6. The maximum Gasteiger partial charge on any atom is 0.243 e. The van der Waals surface area contributed by atoms with Gasteiger partial charge in [-0.1, -0.05) is 35.4 Å². The first-order chi connectivity index (χ1) is 7.90. The summed E-state index contributed by atoms with van der Waals surface area (Å²) in [7, 11) is 0. The van der Waals surface area contributed by atoms with Gasteiger partial charge >= 0.3 is 0 Å². The molecule has 1 aromatic heterocycles. The summed E-state index contributed by atoms with van der Waals surface area (Å²) in [6, 6.07) is 9.97. The molecule has 0 radical (unpaired) electrons. The quantitative estimate of drug-likeness (QED) is 0.755. The lowest BCUT2D eigenvalue weighted by Gasteiger charge is -2.05. The highest BCUT2D eigenvalue weighted by Gasteiger charge is 2.03. The molecule has 0 unspecified atom stereocenters. The van der Waals surface area contributed by atoms with Crippen molar-refractivity contribution in [2.75, 3.05) is 11.9 Å².